The topological polar surface area (TPSA) is 29.9 Å². The SMILES string of the molecule is CCCNCc1cn(C)nc1-c1cc(Br)sc1C. The van der Waals surface area contributed by atoms with Crippen molar-refractivity contribution in [2.24, 2.45) is 7.05 Å². The fraction of sp³-hybridized carbons (Fsp3) is 0.462. The number of thiophene rings is 1. The standard InChI is InChI=1S/C13H18BrN3S/c1-4-5-15-7-10-8-17(3)16-13(10)11-6-12(14)18-9(11)2/h6,8,15H,4-5,7H2,1-3H3. The smallest absolute Gasteiger partial charge is 0.0979 e. The Morgan fingerprint density at radius 3 is 2.89 bits per heavy atom. The first-order valence-electron chi connectivity index (χ1n) is 6.11. The maximum atomic E-state index is 4.60. The monoisotopic (exact) mass is 327 g/mol. The second-order valence-corrected chi connectivity index (χ2v) is 7.01. The molecule has 0 fully saturated rings. The predicted molar refractivity (Wildman–Crippen MR) is 81.0 cm³/mol. The molecule has 0 radical (unpaired) electrons. The average Bonchev–Trinajstić information content (AvgIpc) is 2.82. The van der Waals surface area contributed by atoms with E-state index in [1.165, 1.54) is 16.0 Å². The maximum Gasteiger partial charge on any atom is 0.0979 e. The van der Waals surface area contributed by atoms with E-state index in [0.29, 0.717) is 0 Å². The summed E-state index contributed by atoms with van der Waals surface area (Å²) in [4.78, 5) is 1.30. The van der Waals surface area contributed by atoms with E-state index in [0.717, 1.165) is 29.0 Å². The molecule has 2 heterocycles. The highest BCUT2D eigenvalue weighted by molar-refractivity contribution is 9.11. The molecule has 0 aromatic carbocycles. The number of rotatable bonds is 5. The molecule has 0 atom stereocenters. The fourth-order valence-electron chi connectivity index (χ4n) is 1.97. The zero-order chi connectivity index (χ0) is 13.1. The van der Waals surface area contributed by atoms with Crippen molar-refractivity contribution in [1.29, 1.82) is 0 Å². The Balaban J connectivity index is 2.29. The van der Waals surface area contributed by atoms with Crippen LogP contribution in [-0.4, -0.2) is 16.3 Å². The third kappa shape index (κ3) is 3.02. The van der Waals surface area contributed by atoms with Crippen molar-refractivity contribution in [2.75, 3.05) is 6.54 Å². The molecule has 0 aliphatic heterocycles. The molecular formula is C13H18BrN3S. The Hall–Kier alpha value is -0.650. The molecular weight excluding hydrogens is 310 g/mol. The van der Waals surface area contributed by atoms with E-state index < -0.39 is 0 Å². The quantitative estimate of drug-likeness (QED) is 0.848. The number of aromatic nitrogens is 2. The van der Waals surface area contributed by atoms with Gasteiger partial charge in [0.05, 0.1) is 9.48 Å². The number of hydrogen-bond donors (Lipinski definition) is 1. The number of nitrogens with zero attached hydrogens (tertiary/aromatic N) is 2. The third-order valence-electron chi connectivity index (χ3n) is 2.79. The number of nitrogens with one attached hydrogen (secondary N) is 1. The molecule has 18 heavy (non-hydrogen) atoms. The summed E-state index contributed by atoms with van der Waals surface area (Å²) in [5.74, 6) is 0. The summed E-state index contributed by atoms with van der Waals surface area (Å²) in [6.07, 6.45) is 3.25. The van der Waals surface area contributed by atoms with Gasteiger partial charge in [0.1, 0.15) is 0 Å². The van der Waals surface area contributed by atoms with Crippen LogP contribution in [0.25, 0.3) is 11.3 Å². The second-order valence-electron chi connectivity index (χ2n) is 4.37. The van der Waals surface area contributed by atoms with Crippen LogP contribution >= 0.6 is 27.3 Å². The van der Waals surface area contributed by atoms with Gasteiger partial charge in [0.2, 0.25) is 0 Å². The van der Waals surface area contributed by atoms with Crippen LogP contribution in [0, 0.1) is 6.92 Å². The van der Waals surface area contributed by atoms with Gasteiger partial charge in [-0.05, 0) is 41.9 Å². The Bertz CT molecular complexity index is 530. The van der Waals surface area contributed by atoms with Gasteiger partial charge in [0.25, 0.3) is 0 Å². The van der Waals surface area contributed by atoms with E-state index in [2.05, 4.69) is 52.5 Å². The summed E-state index contributed by atoms with van der Waals surface area (Å²) in [5.41, 5.74) is 3.60. The molecule has 0 saturated heterocycles. The zero-order valence-corrected chi connectivity index (χ0v) is 13.4. The third-order valence-corrected chi connectivity index (χ3v) is 4.34. The second kappa shape index (κ2) is 5.99. The maximum absolute atomic E-state index is 4.60. The molecule has 0 amide bonds. The highest BCUT2D eigenvalue weighted by Crippen LogP contribution is 2.34. The van der Waals surface area contributed by atoms with E-state index in [-0.39, 0.29) is 0 Å². The molecule has 0 bridgehead atoms. The Kier molecular flexibility index (Phi) is 4.59. The van der Waals surface area contributed by atoms with Crippen molar-refractivity contribution in [3.8, 4) is 11.3 Å². The largest absolute Gasteiger partial charge is 0.313 e. The molecule has 0 aliphatic rings. The summed E-state index contributed by atoms with van der Waals surface area (Å²) in [6.45, 7) is 6.24. The van der Waals surface area contributed by atoms with Crippen molar-refractivity contribution in [1.82, 2.24) is 15.1 Å². The van der Waals surface area contributed by atoms with Gasteiger partial charge in [-0.25, -0.2) is 0 Å². The van der Waals surface area contributed by atoms with Gasteiger partial charge in [-0.1, -0.05) is 6.92 Å². The Morgan fingerprint density at radius 2 is 2.28 bits per heavy atom. The van der Waals surface area contributed by atoms with Gasteiger partial charge in [0.15, 0.2) is 0 Å². The molecule has 1 N–H and O–H groups in total. The lowest BCUT2D eigenvalue weighted by atomic mass is 10.1. The van der Waals surface area contributed by atoms with Crippen LogP contribution in [0.3, 0.4) is 0 Å². The van der Waals surface area contributed by atoms with Gasteiger partial charge in [-0.15, -0.1) is 11.3 Å². The lowest BCUT2D eigenvalue weighted by Gasteiger charge is -2.03. The van der Waals surface area contributed by atoms with E-state index in [1.54, 1.807) is 11.3 Å². The normalized spacial score (nSPS) is 11.1. The first kappa shape index (κ1) is 13.8. The minimum atomic E-state index is 0.879. The first-order valence-corrected chi connectivity index (χ1v) is 7.72. The van der Waals surface area contributed by atoms with Crippen LogP contribution in [0.15, 0.2) is 16.0 Å². The molecule has 0 aliphatic carbocycles. The van der Waals surface area contributed by atoms with Gasteiger partial charge >= 0.3 is 0 Å². The number of aryl methyl sites for hydroxylation is 2. The minimum Gasteiger partial charge on any atom is -0.313 e. The van der Waals surface area contributed by atoms with Crippen LogP contribution in [-0.2, 0) is 13.6 Å². The Morgan fingerprint density at radius 1 is 1.50 bits per heavy atom. The molecule has 2 aromatic heterocycles. The summed E-state index contributed by atoms with van der Waals surface area (Å²) >= 11 is 5.30. The number of halogens is 1. The highest BCUT2D eigenvalue weighted by Gasteiger charge is 2.14. The van der Waals surface area contributed by atoms with E-state index in [1.807, 2.05) is 11.7 Å². The molecule has 0 spiro atoms. The molecule has 98 valence electrons. The molecule has 0 unspecified atom stereocenters. The van der Waals surface area contributed by atoms with Crippen LogP contribution < -0.4 is 5.32 Å². The van der Waals surface area contributed by atoms with Crippen LogP contribution in [0.5, 0.6) is 0 Å². The average molecular weight is 328 g/mol. The van der Waals surface area contributed by atoms with Crippen molar-refractivity contribution < 1.29 is 0 Å². The summed E-state index contributed by atoms with van der Waals surface area (Å²) < 4.78 is 3.05. The van der Waals surface area contributed by atoms with Crippen LogP contribution in [0.4, 0.5) is 0 Å². The van der Waals surface area contributed by atoms with Gasteiger partial charge in [-0.3, -0.25) is 4.68 Å². The minimum absolute atomic E-state index is 0.879. The van der Waals surface area contributed by atoms with E-state index in [9.17, 15) is 0 Å². The summed E-state index contributed by atoms with van der Waals surface area (Å²) in [5, 5.41) is 8.04. The summed E-state index contributed by atoms with van der Waals surface area (Å²) in [7, 11) is 1.98. The van der Waals surface area contributed by atoms with E-state index in [4.69, 9.17) is 0 Å². The molecule has 3 nitrogen and oxygen atoms in total. The van der Waals surface area contributed by atoms with Gasteiger partial charge in [-0.2, -0.15) is 5.10 Å². The predicted octanol–water partition coefficient (Wildman–Crippen LogP) is 3.72. The lowest BCUT2D eigenvalue weighted by molar-refractivity contribution is 0.675. The zero-order valence-electron chi connectivity index (χ0n) is 11.0. The molecule has 2 rings (SSSR count). The first-order chi connectivity index (χ1) is 8.61. The highest BCUT2D eigenvalue weighted by atomic mass is 79.9. The molecule has 2 aromatic rings. The van der Waals surface area contributed by atoms with Crippen molar-refractivity contribution in [3.63, 3.8) is 0 Å². The fourth-order valence-corrected chi connectivity index (χ4v) is 3.67. The van der Waals surface area contributed by atoms with Crippen molar-refractivity contribution in [3.05, 3.63) is 26.5 Å². The lowest BCUT2D eigenvalue weighted by Crippen LogP contribution is -2.13. The van der Waals surface area contributed by atoms with Gasteiger partial charge < -0.3 is 5.32 Å². The number of hydrogen-bond acceptors (Lipinski definition) is 3. The van der Waals surface area contributed by atoms with Crippen molar-refractivity contribution >= 4 is 27.3 Å². The summed E-state index contributed by atoms with van der Waals surface area (Å²) in [6, 6.07) is 2.16. The van der Waals surface area contributed by atoms with E-state index >= 15 is 0 Å². The molecule has 0 saturated carbocycles. The van der Waals surface area contributed by atoms with Crippen molar-refractivity contribution in [2.45, 2.75) is 26.8 Å². The van der Waals surface area contributed by atoms with Crippen LogP contribution in [0.2, 0.25) is 0 Å². The van der Waals surface area contributed by atoms with Crippen LogP contribution in [0.1, 0.15) is 23.8 Å². The molecule has 5 heteroatoms. The van der Waals surface area contributed by atoms with Gasteiger partial charge in [0, 0.05) is 35.8 Å². The Labute approximate surface area is 120 Å².